The van der Waals surface area contributed by atoms with Crippen molar-refractivity contribution >= 4 is 17.5 Å². The van der Waals surface area contributed by atoms with Gasteiger partial charge < -0.3 is 5.32 Å². The Morgan fingerprint density at radius 1 is 1.42 bits per heavy atom. The molecule has 60 valence electrons. The summed E-state index contributed by atoms with van der Waals surface area (Å²) in [6, 6.07) is 0.989. The van der Waals surface area contributed by atoms with Crippen molar-refractivity contribution in [2.75, 3.05) is 5.32 Å². The molecule has 1 amide bonds. The number of Topliss-reactive ketones (excluding diaryl/α,β-unsaturated/α-hetero) is 1. The van der Waals surface area contributed by atoms with Gasteiger partial charge in [-0.25, -0.2) is 9.37 Å². The number of nitrogens with one attached hydrogen (secondary N) is 1. The summed E-state index contributed by atoms with van der Waals surface area (Å²) in [7, 11) is 0. The number of hydrogen-bond acceptors (Lipinski definition) is 3. The first-order valence-electron chi connectivity index (χ1n) is 3.20. The fraction of sp³-hybridized carbons (Fsp3) is 0. The maximum atomic E-state index is 12.5. The van der Waals surface area contributed by atoms with E-state index in [0.717, 1.165) is 12.3 Å². The van der Waals surface area contributed by atoms with E-state index in [0.29, 0.717) is 0 Å². The second kappa shape index (κ2) is 2.10. The average molecular weight is 166 g/mol. The molecule has 0 atom stereocenters. The van der Waals surface area contributed by atoms with Gasteiger partial charge in [-0.3, -0.25) is 9.59 Å². The van der Waals surface area contributed by atoms with Crippen molar-refractivity contribution in [3.8, 4) is 0 Å². The highest BCUT2D eigenvalue weighted by atomic mass is 19.1. The Morgan fingerprint density at radius 3 is 2.92 bits per heavy atom. The molecule has 0 aromatic carbocycles. The maximum absolute atomic E-state index is 12.5. The van der Waals surface area contributed by atoms with Crippen LogP contribution in [0.2, 0.25) is 0 Å². The summed E-state index contributed by atoms with van der Waals surface area (Å²) >= 11 is 0. The van der Waals surface area contributed by atoms with Crippen molar-refractivity contribution in [3.63, 3.8) is 0 Å². The van der Waals surface area contributed by atoms with E-state index in [2.05, 4.69) is 10.3 Å². The summed E-state index contributed by atoms with van der Waals surface area (Å²) in [6.45, 7) is 0. The molecule has 1 aromatic rings. The minimum absolute atomic E-state index is 0.000000000000000222. The zero-order valence-corrected chi connectivity index (χ0v) is 5.80. The molecule has 0 bridgehead atoms. The zero-order chi connectivity index (χ0) is 8.72. The third kappa shape index (κ3) is 0.795. The highest BCUT2D eigenvalue weighted by Gasteiger charge is 2.29. The molecule has 0 spiro atoms. The third-order valence-electron chi connectivity index (χ3n) is 1.54. The molecule has 0 unspecified atom stereocenters. The number of halogens is 1. The lowest BCUT2D eigenvalue weighted by atomic mass is 10.2. The number of anilines is 1. The van der Waals surface area contributed by atoms with Crippen molar-refractivity contribution in [1.29, 1.82) is 0 Å². The van der Waals surface area contributed by atoms with Gasteiger partial charge in [0.25, 0.3) is 11.7 Å². The van der Waals surface area contributed by atoms with Gasteiger partial charge in [-0.15, -0.1) is 0 Å². The molecule has 1 N–H and O–H groups in total. The van der Waals surface area contributed by atoms with Crippen LogP contribution in [0.25, 0.3) is 0 Å². The van der Waals surface area contributed by atoms with Crippen molar-refractivity contribution in [2.24, 2.45) is 0 Å². The molecule has 12 heavy (non-hydrogen) atoms. The van der Waals surface area contributed by atoms with E-state index >= 15 is 0 Å². The van der Waals surface area contributed by atoms with Crippen molar-refractivity contribution in [3.05, 3.63) is 23.6 Å². The molecule has 1 aliphatic rings. The van der Waals surface area contributed by atoms with Crippen LogP contribution in [0.4, 0.5) is 10.2 Å². The van der Waals surface area contributed by atoms with E-state index in [1.165, 1.54) is 0 Å². The Bertz CT molecular complexity index is 389. The molecule has 0 aliphatic carbocycles. The van der Waals surface area contributed by atoms with E-state index in [9.17, 15) is 14.0 Å². The first-order valence-corrected chi connectivity index (χ1v) is 3.20. The fourth-order valence-electron chi connectivity index (χ4n) is 0.999. The average Bonchev–Trinajstić information content (AvgIpc) is 2.31. The third-order valence-corrected chi connectivity index (χ3v) is 1.54. The molecular formula is C7H3FN2O2. The van der Waals surface area contributed by atoms with Gasteiger partial charge in [0, 0.05) is 0 Å². The molecule has 1 aliphatic heterocycles. The predicted molar refractivity (Wildman–Crippen MR) is 37.2 cm³/mol. The van der Waals surface area contributed by atoms with Gasteiger partial charge in [-0.2, -0.15) is 0 Å². The number of hydrogen-bond donors (Lipinski definition) is 1. The van der Waals surface area contributed by atoms with Crippen LogP contribution >= 0.6 is 0 Å². The molecule has 0 radical (unpaired) electrons. The van der Waals surface area contributed by atoms with Crippen molar-refractivity contribution in [1.82, 2.24) is 4.98 Å². The second-order valence-electron chi connectivity index (χ2n) is 2.33. The van der Waals surface area contributed by atoms with Crippen molar-refractivity contribution in [2.45, 2.75) is 0 Å². The number of rotatable bonds is 0. The Balaban J connectivity index is 2.63. The summed E-state index contributed by atoms with van der Waals surface area (Å²) in [6.07, 6.45) is 0.942. The van der Waals surface area contributed by atoms with Gasteiger partial charge in [0.2, 0.25) is 0 Å². The lowest BCUT2D eigenvalue weighted by molar-refractivity contribution is -0.112. The normalized spacial score (nSPS) is 14.4. The predicted octanol–water partition coefficient (Wildman–Crippen LogP) is 0.355. The van der Waals surface area contributed by atoms with E-state index in [1.54, 1.807) is 0 Å². The Morgan fingerprint density at radius 2 is 2.17 bits per heavy atom. The highest BCUT2D eigenvalue weighted by molar-refractivity contribution is 6.51. The van der Waals surface area contributed by atoms with Crippen LogP contribution in [-0.2, 0) is 4.79 Å². The SMILES string of the molecule is O=C1Nc2ncc(F)cc2C1=O. The minimum atomic E-state index is -0.761. The number of amides is 1. The molecular weight excluding hydrogens is 163 g/mol. The van der Waals surface area contributed by atoms with Gasteiger partial charge in [0.15, 0.2) is 0 Å². The van der Waals surface area contributed by atoms with Crippen LogP contribution in [-0.4, -0.2) is 16.7 Å². The van der Waals surface area contributed by atoms with Gasteiger partial charge >= 0.3 is 0 Å². The van der Waals surface area contributed by atoms with Gasteiger partial charge in [-0.05, 0) is 6.07 Å². The quantitative estimate of drug-likeness (QED) is 0.566. The van der Waals surface area contributed by atoms with Crippen LogP contribution in [0.5, 0.6) is 0 Å². The number of nitrogens with zero attached hydrogens (tertiary/aromatic N) is 1. The van der Waals surface area contributed by atoms with Crippen LogP contribution in [0, 0.1) is 5.82 Å². The first-order chi connectivity index (χ1) is 5.68. The van der Waals surface area contributed by atoms with Gasteiger partial charge in [0.05, 0.1) is 11.8 Å². The Hall–Kier alpha value is -1.78. The van der Waals surface area contributed by atoms with Gasteiger partial charge in [0.1, 0.15) is 11.6 Å². The number of carbonyl (C=O) groups excluding carboxylic acids is 2. The molecule has 2 heterocycles. The number of fused-ring (bicyclic) bond motifs is 1. The Labute approximate surface area is 66.4 Å². The zero-order valence-electron chi connectivity index (χ0n) is 5.80. The molecule has 1 aromatic heterocycles. The molecule has 5 heteroatoms. The van der Waals surface area contributed by atoms with E-state index in [4.69, 9.17) is 0 Å². The molecule has 0 saturated heterocycles. The summed E-state index contributed by atoms with van der Waals surface area (Å²) in [5.74, 6) is -2.00. The molecule has 4 nitrogen and oxygen atoms in total. The summed E-state index contributed by atoms with van der Waals surface area (Å²) < 4.78 is 12.5. The number of aromatic nitrogens is 1. The Kier molecular flexibility index (Phi) is 1.21. The lowest BCUT2D eigenvalue weighted by Gasteiger charge is -1.92. The van der Waals surface area contributed by atoms with Crippen LogP contribution in [0.3, 0.4) is 0 Å². The van der Waals surface area contributed by atoms with Crippen LogP contribution in [0.1, 0.15) is 10.4 Å². The summed E-state index contributed by atoms with van der Waals surface area (Å²) in [5.41, 5.74) is 0.000000000000000222. The fourth-order valence-corrected chi connectivity index (χ4v) is 0.999. The minimum Gasteiger partial charge on any atom is -0.303 e. The second-order valence-corrected chi connectivity index (χ2v) is 2.33. The largest absolute Gasteiger partial charge is 0.303 e. The van der Waals surface area contributed by atoms with E-state index in [-0.39, 0.29) is 11.4 Å². The standard InChI is InChI=1S/C7H3FN2O2/c8-3-1-4-5(11)7(12)10-6(4)9-2-3/h1-2H,(H,9,10,11,12). The summed E-state index contributed by atoms with van der Waals surface area (Å²) in [4.78, 5) is 25.2. The first kappa shape index (κ1) is 6.90. The maximum Gasteiger partial charge on any atom is 0.298 e. The molecule has 2 rings (SSSR count). The number of ketones is 1. The summed E-state index contributed by atoms with van der Waals surface area (Å²) in [5, 5.41) is 2.21. The smallest absolute Gasteiger partial charge is 0.298 e. The number of carbonyl (C=O) groups is 2. The highest BCUT2D eigenvalue weighted by Crippen LogP contribution is 2.19. The monoisotopic (exact) mass is 166 g/mol. The molecule has 0 saturated carbocycles. The van der Waals surface area contributed by atoms with Gasteiger partial charge in [-0.1, -0.05) is 0 Å². The van der Waals surface area contributed by atoms with E-state index in [1.807, 2.05) is 0 Å². The lowest BCUT2D eigenvalue weighted by Crippen LogP contribution is -2.12. The number of pyridine rings is 1. The topological polar surface area (TPSA) is 59.1 Å². The van der Waals surface area contributed by atoms with Crippen LogP contribution < -0.4 is 5.32 Å². The van der Waals surface area contributed by atoms with Crippen molar-refractivity contribution < 1.29 is 14.0 Å². The van der Waals surface area contributed by atoms with Crippen LogP contribution in [0.15, 0.2) is 12.3 Å². The molecule has 0 fully saturated rings. The van der Waals surface area contributed by atoms with E-state index < -0.39 is 17.5 Å².